The van der Waals surface area contributed by atoms with Gasteiger partial charge in [0.25, 0.3) is 10.0 Å². The van der Waals surface area contributed by atoms with Gasteiger partial charge in [-0.25, -0.2) is 17.8 Å². The van der Waals surface area contributed by atoms with Gasteiger partial charge in [-0.2, -0.15) is 0 Å². The minimum Gasteiger partial charge on any atom is -0.495 e. The van der Waals surface area contributed by atoms with Crippen molar-refractivity contribution in [2.75, 3.05) is 11.8 Å². The molecule has 0 amide bonds. The number of nitrogens with one attached hydrogen (secondary N) is 1. The molecule has 140 valence electrons. The standard InChI is InChI=1S/C19H18FN3O3S/c1-26-17-9-6-14(20)11-18(17)27(24,25)22-15-7-4-13(5-8-15)16-12-21-19-3-2-10-23(16)19/h4-9,11-12,22H,2-3,10H2,1H3. The van der Waals surface area contributed by atoms with Gasteiger partial charge in [0.05, 0.1) is 19.0 Å². The summed E-state index contributed by atoms with van der Waals surface area (Å²) >= 11 is 0. The first-order valence-electron chi connectivity index (χ1n) is 8.49. The highest BCUT2D eigenvalue weighted by atomic mass is 32.2. The number of halogens is 1. The third-order valence-corrected chi connectivity index (χ3v) is 5.97. The quantitative estimate of drug-likeness (QED) is 0.728. The zero-order chi connectivity index (χ0) is 19.0. The predicted octanol–water partition coefficient (Wildman–Crippen LogP) is 3.44. The zero-order valence-electron chi connectivity index (χ0n) is 14.6. The van der Waals surface area contributed by atoms with Gasteiger partial charge in [0, 0.05) is 18.7 Å². The van der Waals surface area contributed by atoms with E-state index >= 15 is 0 Å². The number of ether oxygens (including phenoxy) is 1. The molecule has 0 saturated heterocycles. The van der Waals surface area contributed by atoms with Crippen LogP contribution in [0, 0.1) is 5.82 Å². The maximum atomic E-state index is 13.5. The van der Waals surface area contributed by atoms with Gasteiger partial charge in [-0.1, -0.05) is 12.1 Å². The largest absolute Gasteiger partial charge is 0.495 e. The average Bonchev–Trinajstić information content (AvgIpc) is 3.26. The lowest BCUT2D eigenvalue weighted by Gasteiger charge is -2.12. The van der Waals surface area contributed by atoms with Crippen molar-refractivity contribution in [3.63, 3.8) is 0 Å². The smallest absolute Gasteiger partial charge is 0.265 e. The summed E-state index contributed by atoms with van der Waals surface area (Å²) < 4.78 is 48.5. The number of sulfonamides is 1. The van der Waals surface area contributed by atoms with Gasteiger partial charge in [0.2, 0.25) is 0 Å². The molecule has 1 aliphatic heterocycles. The van der Waals surface area contributed by atoms with E-state index in [1.165, 1.54) is 13.2 Å². The summed E-state index contributed by atoms with van der Waals surface area (Å²) in [7, 11) is -2.65. The number of anilines is 1. The van der Waals surface area contributed by atoms with Crippen LogP contribution >= 0.6 is 0 Å². The van der Waals surface area contributed by atoms with E-state index in [1.807, 2.05) is 18.3 Å². The second kappa shape index (κ2) is 6.70. The molecule has 0 atom stereocenters. The van der Waals surface area contributed by atoms with Crippen molar-refractivity contribution in [1.29, 1.82) is 0 Å². The topological polar surface area (TPSA) is 73.2 Å². The zero-order valence-corrected chi connectivity index (χ0v) is 15.5. The minimum absolute atomic E-state index is 0.0790. The number of benzene rings is 2. The Morgan fingerprint density at radius 1 is 1.19 bits per heavy atom. The summed E-state index contributed by atoms with van der Waals surface area (Å²) in [6.45, 7) is 0.943. The van der Waals surface area contributed by atoms with Crippen LogP contribution in [0.15, 0.2) is 53.6 Å². The molecular formula is C19H18FN3O3S. The normalized spacial score (nSPS) is 13.4. The summed E-state index contributed by atoms with van der Waals surface area (Å²) in [4.78, 5) is 4.18. The van der Waals surface area contributed by atoms with Crippen LogP contribution in [0.25, 0.3) is 11.3 Å². The molecular weight excluding hydrogens is 369 g/mol. The minimum atomic E-state index is -3.99. The van der Waals surface area contributed by atoms with E-state index < -0.39 is 15.8 Å². The van der Waals surface area contributed by atoms with E-state index in [9.17, 15) is 12.8 Å². The Morgan fingerprint density at radius 3 is 2.70 bits per heavy atom. The summed E-state index contributed by atoms with van der Waals surface area (Å²) in [6.07, 6.45) is 3.90. The molecule has 0 saturated carbocycles. The lowest BCUT2D eigenvalue weighted by atomic mass is 10.1. The number of fused-ring (bicyclic) bond motifs is 1. The number of hydrogen-bond acceptors (Lipinski definition) is 4. The molecule has 0 bridgehead atoms. The van der Waals surface area contributed by atoms with Gasteiger partial charge in [-0.3, -0.25) is 4.72 Å². The molecule has 0 spiro atoms. The SMILES string of the molecule is COc1ccc(F)cc1S(=O)(=O)Nc1ccc(-c2cnc3n2CCC3)cc1. The van der Waals surface area contributed by atoms with Crippen molar-refractivity contribution >= 4 is 15.7 Å². The van der Waals surface area contributed by atoms with E-state index in [-0.39, 0.29) is 10.6 Å². The van der Waals surface area contributed by atoms with E-state index in [1.54, 1.807) is 12.1 Å². The van der Waals surface area contributed by atoms with E-state index in [0.717, 1.165) is 48.6 Å². The third-order valence-electron chi connectivity index (χ3n) is 4.57. The highest BCUT2D eigenvalue weighted by Crippen LogP contribution is 2.29. The number of methoxy groups -OCH3 is 1. The van der Waals surface area contributed by atoms with Crippen molar-refractivity contribution in [3.8, 4) is 17.0 Å². The highest BCUT2D eigenvalue weighted by Gasteiger charge is 2.21. The van der Waals surface area contributed by atoms with Crippen LogP contribution in [0.5, 0.6) is 5.75 Å². The third kappa shape index (κ3) is 3.28. The van der Waals surface area contributed by atoms with Crippen LogP contribution in [0.4, 0.5) is 10.1 Å². The molecule has 27 heavy (non-hydrogen) atoms. The number of rotatable bonds is 5. The number of hydrogen-bond donors (Lipinski definition) is 1. The molecule has 6 nitrogen and oxygen atoms in total. The van der Waals surface area contributed by atoms with Crippen molar-refractivity contribution in [1.82, 2.24) is 9.55 Å². The van der Waals surface area contributed by atoms with Crippen LogP contribution in [0.2, 0.25) is 0 Å². The van der Waals surface area contributed by atoms with E-state index in [2.05, 4.69) is 14.3 Å². The number of aryl methyl sites for hydroxylation is 1. The number of nitrogens with zero attached hydrogens (tertiary/aromatic N) is 2. The van der Waals surface area contributed by atoms with Crippen LogP contribution in [-0.2, 0) is 23.0 Å². The molecule has 4 rings (SSSR count). The fourth-order valence-electron chi connectivity index (χ4n) is 3.27. The van der Waals surface area contributed by atoms with Crippen LogP contribution in [-0.4, -0.2) is 25.1 Å². The van der Waals surface area contributed by atoms with Crippen molar-refractivity contribution < 1.29 is 17.5 Å². The Balaban J connectivity index is 1.61. The summed E-state index contributed by atoms with van der Waals surface area (Å²) in [5.74, 6) is 0.504. The predicted molar refractivity (Wildman–Crippen MR) is 99.7 cm³/mol. The molecule has 1 aliphatic rings. The molecule has 2 heterocycles. The highest BCUT2D eigenvalue weighted by molar-refractivity contribution is 7.92. The second-order valence-electron chi connectivity index (χ2n) is 6.29. The maximum Gasteiger partial charge on any atom is 0.265 e. The van der Waals surface area contributed by atoms with Gasteiger partial charge in [0.1, 0.15) is 22.3 Å². The Hall–Kier alpha value is -2.87. The summed E-state index contributed by atoms with van der Waals surface area (Å²) in [5.41, 5.74) is 2.36. The Morgan fingerprint density at radius 2 is 1.96 bits per heavy atom. The second-order valence-corrected chi connectivity index (χ2v) is 7.94. The molecule has 8 heteroatoms. The molecule has 1 aromatic heterocycles. The van der Waals surface area contributed by atoms with Crippen molar-refractivity contribution in [2.24, 2.45) is 0 Å². The molecule has 0 radical (unpaired) electrons. The molecule has 0 aliphatic carbocycles. The van der Waals surface area contributed by atoms with Crippen LogP contribution in [0.1, 0.15) is 12.2 Å². The van der Waals surface area contributed by atoms with Gasteiger partial charge >= 0.3 is 0 Å². The first-order chi connectivity index (χ1) is 13.0. The maximum absolute atomic E-state index is 13.5. The Kier molecular flexibility index (Phi) is 4.35. The summed E-state index contributed by atoms with van der Waals surface area (Å²) in [6, 6.07) is 10.4. The van der Waals surface area contributed by atoms with E-state index in [4.69, 9.17) is 4.74 Å². The van der Waals surface area contributed by atoms with Crippen LogP contribution in [0.3, 0.4) is 0 Å². The molecule has 2 aromatic carbocycles. The van der Waals surface area contributed by atoms with Crippen LogP contribution < -0.4 is 9.46 Å². The molecule has 3 aromatic rings. The fourth-order valence-corrected chi connectivity index (χ4v) is 4.51. The molecule has 1 N–H and O–H groups in total. The first kappa shape index (κ1) is 17.5. The average molecular weight is 387 g/mol. The van der Waals surface area contributed by atoms with Gasteiger partial charge < -0.3 is 9.30 Å². The molecule has 0 unspecified atom stereocenters. The Labute approximate surface area is 156 Å². The van der Waals surface area contributed by atoms with Gasteiger partial charge in [-0.05, 0) is 42.3 Å². The van der Waals surface area contributed by atoms with Crippen molar-refractivity contribution in [2.45, 2.75) is 24.3 Å². The number of imidazole rings is 1. The first-order valence-corrected chi connectivity index (χ1v) is 9.97. The lowest BCUT2D eigenvalue weighted by molar-refractivity contribution is 0.401. The summed E-state index contributed by atoms with van der Waals surface area (Å²) in [5, 5.41) is 0. The monoisotopic (exact) mass is 387 g/mol. The van der Waals surface area contributed by atoms with Gasteiger partial charge in [-0.15, -0.1) is 0 Å². The molecule has 0 fully saturated rings. The van der Waals surface area contributed by atoms with Gasteiger partial charge in [0.15, 0.2) is 0 Å². The van der Waals surface area contributed by atoms with E-state index in [0.29, 0.717) is 5.69 Å². The lowest BCUT2D eigenvalue weighted by Crippen LogP contribution is -2.14. The fraction of sp³-hybridized carbons (Fsp3) is 0.211. The Bertz CT molecular complexity index is 1090. The van der Waals surface area contributed by atoms with Crippen molar-refractivity contribution in [3.05, 3.63) is 60.3 Å². The number of aromatic nitrogens is 2.